The average molecular weight is 796 g/mol. The molecule has 14 nitrogen and oxygen atoms in total. The van der Waals surface area contributed by atoms with Gasteiger partial charge >= 0.3 is 5.97 Å². The number of hydrogen-bond donors (Lipinski definition) is 2. The van der Waals surface area contributed by atoms with E-state index in [0.29, 0.717) is 48.2 Å². The molecule has 1 saturated heterocycles. The fourth-order valence-corrected chi connectivity index (χ4v) is 8.53. The van der Waals surface area contributed by atoms with Crippen molar-refractivity contribution in [3.05, 3.63) is 49.2 Å². The molecule has 0 bridgehead atoms. The van der Waals surface area contributed by atoms with Crippen molar-refractivity contribution in [1.29, 1.82) is 0 Å². The molecule has 0 spiro atoms. The van der Waals surface area contributed by atoms with E-state index in [9.17, 15) is 27.6 Å². The number of unbranched alkanes of at least 4 members (excludes halogenated alkanes) is 3. The highest BCUT2D eigenvalue weighted by Gasteiger charge is 2.62. The summed E-state index contributed by atoms with van der Waals surface area (Å²) in [5.41, 5.74) is -0.542. The van der Waals surface area contributed by atoms with Crippen LogP contribution in [0.4, 0.5) is 0 Å². The maximum Gasteiger partial charge on any atom is 0.307 e. The maximum atomic E-state index is 14.7. The summed E-state index contributed by atoms with van der Waals surface area (Å²) in [6.07, 6.45) is 7.08. The molecule has 15 heteroatoms. The molecule has 2 aliphatic carbocycles. The molecule has 3 aliphatic rings. The molecule has 2 heterocycles. The van der Waals surface area contributed by atoms with E-state index in [1.54, 1.807) is 40.0 Å². The number of allylic oxidation sites excluding steroid dienone is 1. The molecule has 0 unspecified atom stereocenters. The van der Waals surface area contributed by atoms with Gasteiger partial charge in [0.2, 0.25) is 27.7 Å². The normalized spacial score (nSPS) is 22.6. The molecule has 0 radical (unpaired) electrons. The van der Waals surface area contributed by atoms with E-state index < -0.39 is 74.1 Å². The molecule has 306 valence electrons. The minimum Gasteiger partial charge on any atom is -0.497 e. The number of nitrogens with one attached hydrogen (secondary N) is 2. The first kappa shape index (κ1) is 42.6. The third-order valence-corrected chi connectivity index (χ3v) is 12.2. The number of likely N-dealkylation sites (tertiary alicyclic amines) is 1. The minimum atomic E-state index is -3.91. The lowest BCUT2D eigenvalue weighted by molar-refractivity contribution is -0.159. The van der Waals surface area contributed by atoms with E-state index in [1.165, 1.54) is 11.0 Å². The summed E-state index contributed by atoms with van der Waals surface area (Å²) in [4.78, 5) is 66.8. The van der Waals surface area contributed by atoms with Crippen molar-refractivity contribution >= 4 is 44.7 Å². The number of benzene rings is 1. The van der Waals surface area contributed by atoms with Crippen molar-refractivity contribution in [2.45, 2.75) is 133 Å². The van der Waals surface area contributed by atoms with Crippen LogP contribution in [0.3, 0.4) is 0 Å². The number of carbonyl (C=O) groups is 4. The number of aromatic nitrogens is 2. The lowest BCUT2D eigenvalue weighted by Crippen LogP contribution is -2.57. The third kappa shape index (κ3) is 10.3. The number of nitrogens with zero attached hydrogens (tertiary/aromatic N) is 3. The molecule has 2 aromatic rings. The van der Waals surface area contributed by atoms with Crippen LogP contribution in [0.25, 0.3) is 11.0 Å². The van der Waals surface area contributed by atoms with Crippen molar-refractivity contribution in [3.63, 3.8) is 0 Å². The van der Waals surface area contributed by atoms with E-state index in [-0.39, 0.29) is 37.6 Å². The quantitative estimate of drug-likeness (QED) is 0.107. The molecule has 3 fully saturated rings. The van der Waals surface area contributed by atoms with Crippen LogP contribution in [0.5, 0.6) is 11.6 Å². The highest BCUT2D eigenvalue weighted by molar-refractivity contribution is 7.91. The van der Waals surface area contributed by atoms with Crippen LogP contribution in [-0.2, 0) is 33.9 Å². The zero-order chi connectivity index (χ0) is 41.0. The fraction of sp³-hybridized carbons (Fsp3) is 0.610. The van der Waals surface area contributed by atoms with Crippen molar-refractivity contribution < 1.29 is 41.8 Å². The average Bonchev–Trinajstić information content (AvgIpc) is 4.06. The van der Waals surface area contributed by atoms with Gasteiger partial charge in [-0.25, -0.2) is 18.4 Å². The number of fused-ring (bicyclic) bond motifs is 1. The number of ether oxygens (including phenoxy) is 3. The Morgan fingerprint density at radius 2 is 1.80 bits per heavy atom. The summed E-state index contributed by atoms with van der Waals surface area (Å²) in [5, 5.41) is 2.18. The van der Waals surface area contributed by atoms with Gasteiger partial charge in [-0.15, -0.1) is 13.2 Å². The van der Waals surface area contributed by atoms with Crippen LogP contribution in [-0.4, -0.2) is 89.2 Å². The summed E-state index contributed by atoms with van der Waals surface area (Å²) >= 11 is 0. The van der Waals surface area contributed by atoms with Crippen molar-refractivity contribution in [2.75, 3.05) is 13.7 Å². The van der Waals surface area contributed by atoms with Gasteiger partial charge in [0.15, 0.2) is 0 Å². The van der Waals surface area contributed by atoms with Crippen LogP contribution in [0, 0.1) is 11.8 Å². The van der Waals surface area contributed by atoms with Gasteiger partial charge in [-0.2, -0.15) is 0 Å². The Bertz CT molecular complexity index is 1940. The number of carbonyl (C=O) groups excluding carboxylic acids is 4. The summed E-state index contributed by atoms with van der Waals surface area (Å²) in [6.45, 7) is 16.7. The van der Waals surface area contributed by atoms with Gasteiger partial charge in [-0.05, 0) is 71.4 Å². The van der Waals surface area contributed by atoms with E-state index >= 15 is 0 Å². The first-order valence-electron chi connectivity index (χ1n) is 19.6. The van der Waals surface area contributed by atoms with Crippen molar-refractivity contribution in [2.24, 2.45) is 11.8 Å². The van der Waals surface area contributed by atoms with Gasteiger partial charge in [0.1, 0.15) is 34.7 Å². The molecule has 2 saturated carbocycles. The second-order valence-corrected chi connectivity index (χ2v) is 18.5. The van der Waals surface area contributed by atoms with E-state index in [1.807, 2.05) is 26.0 Å². The minimum absolute atomic E-state index is 0.0201. The van der Waals surface area contributed by atoms with E-state index in [2.05, 4.69) is 23.2 Å². The summed E-state index contributed by atoms with van der Waals surface area (Å²) in [7, 11) is -2.35. The van der Waals surface area contributed by atoms with Crippen LogP contribution in [0.1, 0.15) is 110 Å². The Hall–Kier alpha value is -4.53. The second kappa shape index (κ2) is 17.3. The highest BCUT2D eigenvalue weighted by atomic mass is 32.2. The molecule has 1 aromatic carbocycles. The molecular formula is C41H57N5O9S. The van der Waals surface area contributed by atoms with E-state index in [4.69, 9.17) is 24.2 Å². The molecular weight excluding hydrogens is 739 g/mol. The smallest absolute Gasteiger partial charge is 0.307 e. The van der Waals surface area contributed by atoms with Crippen LogP contribution in [0.2, 0.25) is 0 Å². The number of esters is 1. The van der Waals surface area contributed by atoms with Crippen molar-refractivity contribution in [1.82, 2.24) is 24.9 Å². The van der Waals surface area contributed by atoms with Crippen LogP contribution < -0.4 is 19.5 Å². The lowest BCUT2D eigenvalue weighted by Gasteiger charge is -2.30. The third-order valence-electron chi connectivity index (χ3n) is 10.4. The maximum absolute atomic E-state index is 14.7. The highest BCUT2D eigenvalue weighted by Crippen LogP contribution is 2.45. The number of methoxy groups -OCH3 is 1. The predicted octanol–water partition coefficient (Wildman–Crippen LogP) is 5.26. The topological polar surface area (TPSA) is 183 Å². The number of hydrogen-bond acceptors (Lipinski definition) is 11. The van der Waals surface area contributed by atoms with E-state index in [0.717, 1.165) is 19.3 Å². The zero-order valence-electron chi connectivity index (χ0n) is 33.5. The number of rotatable bonds is 19. The largest absolute Gasteiger partial charge is 0.497 e. The Labute approximate surface area is 330 Å². The molecule has 2 N–H and O–H groups in total. The summed E-state index contributed by atoms with van der Waals surface area (Å²) < 4.78 is 45.2. The molecule has 5 atom stereocenters. The van der Waals surface area contributed by atoms with Crippen LogP contribution >= 0.6 is 0 Å². The zero-order valence-corrected chi connectivity index (χ0v) is 34.3. The van der Waals surface area contributed by atoms with Crippen molar-refractivity contribution in [3.8, 4) is 11.6 Å². The summed E-state index contributed by atoms with van der Waals surface area (Å²) in [5.74, 6) is -3.00. The van der Waals surface area contributed by atoms with Gasteiger partial charge in [-0.1, -0.05) is 38.8 Å². The first-order valence-corrected chi connectivity index (χ1v) is 21.1. The molecule has 3 amide bonds. The predicted molar refractivity (Wildman–Crippen MR) is 211 cm³/mol. The van der Waals surface area contributed by atoms with Gasteiger partial charge in [0.25, 0.3) is 5.91 Å². The standard InChI is InChI=1S/C41H57N5O9S/c1-9-11-12-13-14-15-26(20-34(47)55-40(5,6)7)38(49)46-24-29(54-37-35(25(3)4)42-31-19-16-28(53-8)21-32(31)43-37)22-33(46)36(48)44-41(23-27(41)10-2)39(50)45-56(51,52)30-17-18-30/h9-10,16,19,21,25-27,29-30,33H,1-2,11-15,17-18,20,22-24H2,3-8H3,(H,44,48)(H,45,50)/t26-,27-,29-,33+,41-/m1/s1. The number of amides is 3. The van der Waals surface area contributed by atoms with Gasteiger partial charge in [0.05, 0.1) is 36.4 Å². The van der Waals surface area contributed by atoms with Gasteiger partial charge < -0.3 is 24.4 Å². The van der Waals surface area contributed by atoms with Gasteiger partial charge in [0, 0.05) is 30.2 Å². The Morgan fingerprint density at radius 3 is 2.41 bits per heavy atom. The number of sulfonamides is 1. The molecule has 1 aliphatic heterocycles. The fourth-order valence-electron chi connectivity index (χ4n) is 7.16. The molecule has 1 aromatic heterocycles. The SMILES string of the molecule is C=CCCCCC[C@H](CC(=O)OC(C)(C)C)C(=O)N1C[C@H](Oc2nc3cc(OC)ccc3nc2C(C)C)C[C@H]1C(=O)N[C@]1(C(=O)NS(=O)(=O)C2CC2)C[C@H]1C=C. The Morgan fingerprint density at radius 1 is 1.07 bits per heavy atom. The monoisotopic (exact) mass is 795 g/mol. The second-order valence-electron chi connectivity index (χ2n) is 16.5. The molecule has 56 heavy (non-hydrogen) atoms. The summed E-state index contributed by atoms with van der Waals surface area (Å²) in [6, 6.07) is 4.23. The molecule has 5 rings (SSSR count). The Balaban J connectivity index is 1.46. The van der Waals surface area contributed by atoms with Crippen LogP contribution in [0.15, 0.2) is 43.5 Å². The lowest BCUT2D eigenvalue weighted by atomic mass is 9.95. The van der Waals surface area contributed by atoms with Gasteiger partial charge in [-0.3, -0.25) is 23.9 Å². The first-order chi connectivity index (χ1) is 26.4. The Kier molecular flexibility index (Phi) is 13.2.